The lowest BCUT2D eigenvalue weighted by atomic mass is 10.1. The fourth-order valence-corrected chi connectivity index (χ4v) is 2.21. The van der Waals surface area contributed by atoms with Gasteiger partial charge in [-0.1, -0.05) is 25.4 Å². The highest BCUT2D eigenvalue weighted by atomic mass is 35.5. The van der Waals surface area contributed by atoms with Gasteiger partial charge in [0.05, 0.1) is 5.52 Å². The van der Waals surface area contributed by atoms with Gasteiger partial charge in [0.2, 0.25) is 0 Å². The number of rotatable bonds is 4. The molecule has 0 spiro atoms. The van der Waals surface area contributed by atoms with Crippen molar-refractivity contribution in [1.29, 1.82) is 0 Å². The van der Waals surface area contributed by atoms with Crippen LogP contribution in [0.4, 0.5) is 0 Å². The Morgan fingerprint density at radius 3 is 2.67 bits per heavy atom. The summed E-state index contributed by atoms with van der Waals surface area (Å²) in [5.74, 6) is 0. The van der Waals surface area contributed by atoms with Crippen LogP contribution in [0.2, 0.25) is 5.02 Å². The Morgan fingerprint density at radius 1 is 1.28 bits per heavy atom. The normalized spacial score (nSPS) is 11.3. The highest BCUT2D eigenvalue weighted by molar-refractivity contribution is 6.31. The fraction of sp³-hybridized carbons (Fsp3) is 0.357. The predicted octanol–water partition coefficient (Wildman–Crippen LogP) is 3.02. The van der Waals surface area contributed by atoms with Gasteiger partial charge >= 0.3 is 0 Å². The second-order valence-electron chi connectivity index (χ2n) is 4.29. The molecule has 3 nitrogen and oxygen atoms in total. The van der Waals surface area contributed by atoms with Gasteiger partial charge in [0.1, 0.15) is 0 Å². The van der Waals surface area contributed by atoms with Crippen molar-refractivity contribution in [2.24, 2.45) is 0 Å². The molecule has 0 aliphatic rings. The molecular formula is C14H17ClN2O. The van der Waals surface area contributed by atoms with Gasteiger partial charge in [0, 0.05) is 28.7 Å². The number of halogens is 1. The van der Waals surface area contributed by atoms with Gasteiger partial charge in [-0.3, -0.25) is 9.69 Å². The number of fused-ring (bicyclic) bond motifs is 1. The molecule has 1 aromatic carbocycles. The van der Waals surface area contributed by atoms with Crippen LogP contribution in [0.3, 0.4) is 0 Å². The van der Waals surface area contributed by atoms with E-state index in [1.54, 1.807) is 24.4 Å². The number of pyridine rings is 1. The number of benzene rings is 1. The van der Waals surface area contributed by atoms with Crippen molar-refractivity contribution in [3.8, 4) is 0 Å². The van der Waals surface area contributed by atoms with Crippen molar-refractivity contribution in [3.05, 3.63) is 45.2 Å². The quantitative estimate of drug-likeness (QED) is 0.922. The lowest BCUT2D eigenvalue weighted by Gasteiger charge is -2.17. The van der Waals surface area contributed by atoms with Gasteiger partial charge in [0.15, 0.2) is 5.43 Å². The molecule has 4 heteroatoms. The molecule has 0 aliphatic heterocycles. The van der Waals surface area contributed by atoms with E-state index in [-0.39, 0.29) is 5.43 Å². The van der Waals surface area contributed by atoms with E-state index in [2.05, 4.69) is 23.7 Å². The first-order valence-electron chi connectivity index (χ1n) is 6.17. The molecule has 1 aromatic heterocycles. The molecule has 0 radical (unpaired) electrons. The summed E-state index contributed by atoms with van der Waals surface area (Å²) >= 11 is 5.91. The first kappa shape index (κ1) is 13.1. The summed E-state index contributed by atoms with van der Waals surface area (Å²) in [7, 11) is 0. The Balaban J connectivity index is 2.45. The highest BCUT2D eigenvalue weighted by Crippen LogP contribution is 2.15. The van der Waals surface area contributed by atoms with E-state index in [1.807, 2.05) is 0 Å². The molecule has 0 unspecified atom stereocenters. The summed E-state index contributed by atoms with van der Waals surface area (Å²) in [6.07, 6.45) is 1.79. The Morgan fingerprint density at radius 2 is 2.00 bits per heavy atom. The van der Waals surface area contributed by atoms with E-state index < -0.39 is 0 Å². The van der Waals surface area contributed by atoms with Crippen LogP contribution in [0.5, 0.6) is 0 Å². The molecule has 0 aliphatic carbocycles. The van der Waals surface area contributed by atoms with Crippen LogP contribution in [0.25, 0.3) is 10.9 Å². The largest absolute Gasteiger partial charge is 0.361 e. The number of aromatic amines is 1. The van der Waals surface area contributed by atoms with Crippen LogP contribution >= 0.6 is 11.6 Å². The third kappa shape index (κ3) is 2.57. The van der Waals surface area contributed by atoms with Crippen molar-refractivity contribution in [1.82, 2.24) is 9.88 Å². The van der Waals surface area contributed by atoms with Gasteiger partial charge in [-0.05, 0) is 31.3 Å². The van der Waals surface area contributed by atoms with Crippen molar-refractivity contribution in [2.75, 3.05) is 13.1 Å². The van der Waals surface area contributed by atoms with Crippen molar-refractivity contribution < 1.29 is 0 Å². The summed E-state index contributed by atoms with van der Waals surface area (Å²) in [6.45, 7) is 6.75. The number of aromatic nitrogens is 1. The molecule has 2 rings (SSSR count). The standard InChI is InChI=1S/C14H17ClN2O/c1-3-17(4-2)9-10-8-16-13-7-11(15)5-6-12(13)14(10)18/h5-8H,3-4,9H2,1-2H3,(H,16,18). The maximum Gasteiger partial charge on any atom is 0.193 e. The number of H-pyrrole nitrogens is 1. The zero-order valence-electron chi connectivity index (χ0n) is 10.7. The lowest BCUT2D eigenvalue weighted by Crippen LogP contribution is -2.25. The van der Waals surface area contributed by atoms with Crippen molar-refractivity contribution >= 4 is 22.5 Å². The monoisotopic (exact) mass is 264 g/mol. The van der Waals surface area contributed by atoms with Crippen molar-refractivity contribution in [3.63, 3.8) is 0 Å². The highest BCUT2D eigenvalue weighted by Gasteiger charge is 2.08. The summed E-state index contributed by atoms with van der Waals surface area (Å²) < 4.78 is 0. The third-order valence-electron chi connectivity index (χ3n) is 3.21. The topological polar surface area (TPSA) is 36.1 Å². The van der Waals surface area contributed by atoms with Crippen LogP contribution in [0, 0.1) is 0 Å². The molecule has 0 amide bonds. The van der Waals surface area contributed by atoms with Crippen LogP contribution in [-0.4, -0.2) is 23.0 Å². The molecule has 0 atom stereocenters. The van der Waals surface area contributed by atoms with Crippen LogP contribution < -0.4 is 5.43 Å². The summed E-state index contributed by atoms with van der Waals surface area (Å²) in [5.41, 5.74) is 1.68. The van der Waals surface area contributed by atoms with E-state index in [9.17, 15) is 4.79 Å². The minimum atomic E-state index is 0.0901. The van der Waals surface area contributed by atoms with Gasteiger partial charge in [-0.2, -0.15) is 0 Å². The molecule has 0 bridgehead atoms. The zero-order valence-corrected chi connectivity index (χ0v) is 11.4. The third-order valence-corrected chi connectivity index (χ3v) is 3.44. The molecular weight excluding hydrogens is 248 g/mol. The second kappa shape index (κ2) is 5.55. The first-order valence-corrected chi connectivity index (χ1v) is 6.55. The van der Waals surface area contributed by atoms with Gasteiger partial charge < -0.3 is 4.98 Å². The summed E-state index contributed by atoms with van der Waals surface area (Å²) in [6, 6.07) is 5.31. The van der Waals surface area contributed by atoms with E-state index in [4.69, 9.17) is 11.6 Å². The Kier molecular flexibility index (Phi) is 4.04. The fourth-order valence-electron chi connectivity index (χ4n) is 2.04. The molecule has 2 aromatic rings. The van der Waals surface area contributed by atoms with Gasteiger partial charge in [0.25, 0.3) is 0 Å². The molecule has 0 saturated heterocycles. The smallest absolute Gasteiger partial charge is 0.193 e. The van der Waals surface area contributed by atoms with Crippen LogP contribution in [0.15, 0.2) is 29.2 Å². The maximum atomic E-state index is 12.3. The zero-order chi connectivity index (χ0) is 13.1. The van der Waals surface area contributed by atoms with E-state index in [0.29, 0.717) is 17.0 Å². The van der Waals surface area contributed by atoms with Gasteiger partial charge in [-0.25, -0.2) is 0 Å². The number of hydrogen-bond acceptors (Lipinski definition) is 2. The maximum absolute atomic E-state index is 12.3. The lowest BCUT2D eigenvalue weighted by molar-refractivity contribution is 0.295. The van der Waals surface area contributed by atoms with Crippen LogP contribution in [-0.2, 0) is 6.54 Å². The average Bonchev–Trinajstić information content (AvgIpc) is 2.38. The summed E-state index contributed by atoms with van der Waals surface area (Å²) in [4.78, 5) is 17.7. The summed E-state index contributed by atoms with van der Waals surface area (Å²) in [5, 5.41) is 1.33. The van der Waals surface area contributed by atoms with E-state index >= 15 is 0 Å². The minimum absolute atomic E-state index is 0.0901. The average molecular weight is 265 g/mol. The number of hydrogen-bond donors (Lipinski definition) is 1. The Hall–Kier alpha value is -1.32. The van der Waals surface area contributed by atoms with E-state index in [1.165, 1.54) is 0 Å². The second-order valence-corrected chi connectivity index (χ2v) is 4.73. The molecule has 18 heavy (non-hydrogen) atoms. The van der Waals surface area contributed by atoms with Crippen molar-refractivity contribution in [2.45, 2.75) is 20.4 Å². The molecule has 1 heterocycles. The van der Waals surface area contributed by atoms with Crippen LogP contribution in [0.1, 0.15) is 19.4 Å². The Labute approximate surface area is 111 Å². The predicted molar refractivity (Wildman–Crippen MR) is 76.2 cm³/mol. The Bertz CT molecular complexity index is 602. The van der Waals surface area contributed by atoms with Gasteiger partial charge in [-0.15, -0.1) is 0 Å². The number of nitrogens with one attached hydrogen (secondary N) is 1. The molecule has 1 N–H and O–H groups in total. The molecule has 96 valence electrons. The molecule has 0 fully saturated rings. The van der Waals surface area contributed by atoms with E-state index in [0.717, 1.165) is 24.2 Å². The molecule has 0 saturated carbocycles. The minimum Gasteiger partial charge on any atom is -0.361 e. The SMILES string of the molecule is CCN(CC)Cc1c[nH]c2cc(Cl)ccc2c1=O. The first-order chi connectivity index (χ1) is 8.65. The number of nitrogens with zero attached hydrogens (tertiary/aromatic N) is 1.